The number of carboxylic acids is 1. The van der Waals surface area contributed by atoms with Gasteiger partial charge in [0, 0.05) is 50.0 Å². The standard InChI is InChI=1S/C31H33ClFN5O7/c1-18-17-37(11-9-31(18,33)21-15-19(32)16-34-28(21)39)30(42)44-14-13-43-12-8-24-35-25-20-5-2-3-7-23(20)45-26(25)27(36-24)38-10-4-6-22(38)29(40)41/h2-3,5,7,15-16,18,22H,4,6,8-14,17H2,1H3,(H,34,39)(H,40,41)/t18-,22-,31+/m0/s1. The Labute approximate surface area is 262 Å². The zero-order valence-corrected chi connectivity index (χ0v) is 25.4. The molecular formula is C31H33ClFN5O7. The van der Waals surface area contributed by atoms with Crippen LogP contribution < -0.4 is 10.5 Å². The van der Waals surface area contributed by atoms with E-state index in [9.17, 15) is 19.5 Å². The summed E-state index contributed by atoms with van der Waals surface area (Å²) in [5, 5.41) is 10.8. The Hall–Kier alpha value is -4.23. The predicted molar refractivity (Wildman–Crippen MR) is 163 cm³/mol. The molecule has 3 atom stereocenters. The molecular weight excluding hydrogens is 609 g/mol. The number of carbonyl (C=O) groups is 2. The van der Waals surface area contributed by atoms with Gasteiger partial charge in [0.2, 0.25) is 0 Å². The van der Waals surface area contributed by atoms with Crippen LogP contribution in [0.4, 0.5) is 15.0 Å². The van der Waals surface area contributed by atoms with Crippen LogP contribution in [0.5, 0.6) is 0 Å². The van der Waals surface area contributed by atoms with Gasteiger partial charge in [0.05, 0.1) is 23.8 Å². The van der Waals surface area contributed by atoms with Crippen molar-refractivity contribution in [1.82, 2.24) is 19.9 Å². The second kappa shape index (κ2) is 12.6. The van der Waals surface area contributed by atoms with E-state index >= 15 is 4.39 Å². The molecule has 45 heavy (non-hydrogen) atoms. The van der Waals surface area contributed by atoms with Crippen LogP contribution in [0.1, 0.15) is 37.6 Å². The lowest BCUT2D eigenvalue weighted by atomic mass is 9.79. The molecule has 4 aromatic rings. The number of amides is 1. The summed E-state index contributed by atoms with van der Waals surface area (Å²) >= 11 is 5.98. The molecule has 0 saturated carbocycles. The van der Waals surface area contributed by atoms with Crippen molar-refractivity contribution in [3.8, 4) is 0 Å². The number of piperidine rings is 1. The van der Waals surface area contributed by atoms with Crippen LogP contribution in [0.25, 0.3) is 22.1 Å². The average Bonchev–Trinajstić information content (AvgIpc) is 3.67. The van der Waals surface area contributed by atoms with Crippen molar-refractivity contribution in [1.29, 1.82) is 0 Å². The summed E-state index contributed by atoms with van der Waals surface area (Å²) < 4.78 is 33.0. The first-order valence-electron chi connectivity index (χ1n) is 14.9. The van der Waals surface area contributed by atoms with E-state index in [1.165, 1.54) is 17.2 Å². The number of nitrogens with one attached hydrogen (secondary N) is 1. The number of hydrogen-bond donors (Lipinski definition) is 2. The van der Waals surface area contributed by atoms with Crippen LogP contribution in [-0.2, 0) is 26.4 Å². The van der Waals surface area contributed by atoms with Gasteiger partial charge in [-0.3, -0.25) is 4.79 Å². The number of benzene rings is 1. The maximum Gasteiger partial charge on any atom is 0.409 e. The number of aromatic amines is 1. The SMILES string of the molecule is C[C@H]1CN(C(=O)OCCOCCc2nc(N3CCC[C@H]3C(=O)O)c3oc4ccccc4c3n2)CC[C@]1(F)c1cc(Cl)c[nH]c1=O. The molecule has 0 unspecified atom stereocenters. The highest BCUT2D eigenvalue weighted by atomic mass is 35.5. The van der Waals surface area contributed by atoms with E-state index in [1.807, 2.05) is 24.3 Å². The van der Waals surface area contributed by atoms with Gasteiger partial charge < -0.3 is 33.8 Å². The normalized spacial score (nSPS) is 21.9. The number of alkyl halides is 1. The lowest BCUT2D eigenvalue weighted by Gasteiger charge is -2.40. The monoisotopic (exact) mass is 641 g/mol. The molecule has 2 aliphatic rings. The average molecular weight is 642 g/mol. The van der Waals surface area contributed by atoms with Crippen LogP contribution in [0.2, 0.25) is 5.02 Å². The molecule has 5 heterocycles. The molecule has 0 spiro atoms. The van der Waals surface area contributed by atoms with E-state index in [4.69, 9.17) is 35.5 Å². The van der Waals surface area contributed by atoms with Crippen LogP contribution in [0, 0.1) is 5.92 Å². The van der Waals surface area contributed by atoms with Gasteiger partial charge in [-0.25, -0.2) is 23.9 Å². The van der Waals surface area contributed by atoms with Gasteiger partial charge in [0.15, 0.2) is 11.4 Å². The quantitative estimate of drug-likeness (QED) is 0.247. The third-order valence-electron chi connectivity index (χ3n) is 8.58. The Kier molecular flexibility index (Phi) is 8.65. The van der Waals surface area contributed by atoms with Gasteiger partial charge >= 0.3 is 12.1 Å². The molecule has 2 N–H and O–H groups in total. The molecule has 0 aliphatic carbocycles. The molecule has 3 aromatic heterocycles. The maximum absolute atomic E-state index is 15.9. The van der Waals surface area contributed by atoms with Crippen molar-refractivity contribution >= 4 is 51.6 Å². The minimum atomic E-state index is -1.92. The number of rotatable bonds is 9. The number of H-pyrrole nitrogens is 1. The van der Waals surface area contributed by atoms with Crippen molar-refractivity contribution in [2.24, 2.45) is 5.92 Å². The highest BCUT2D eigenvalue weighted by Crippen LogP contribution is 2.40. The Bertz CT molecular complexity index is 1800. The van der Waals surface area contributed by atoms with Crippen LogP contribution in [0.15, 0.2) is 45.7 Å². The Morgan fingerprint density at radius 1 is 1.22 bits per heavy atom. The van der Waals surface area contributed by atoms with Gasteiger partial charge in [-0.05, 0) is 31.0 Å². The number of aliphatic carboxylic acids is 1. The Morgan fingerprint density at radius 2 is 2.04 bits per heavy atom. The van der Waals surface area contributed by atoms with Gasteiger partial charge in [-0.1, -0.05) is 30.7 Å². The maximum atomic E-state index is 15.9. The summed E-state index contributed by atoms with van der Waals surface area (Å²) in [4.78, 5) is 51.9. The number of ether oxygens (including phenoxy) is 2. The number of furan rings is 1. The number of likely N-dealkylation sites (tertiary alicyclic amines) is 1. The fourth-order valence-corrected chi connectivity index (χ4v) is 6.36. The molecule has 238 valence electrons. The molecule has 2 aliphatic heterocycles. The number of hydrogen-bond acceptors (Lipinski definition) is 9. The number of halogens is 2. The number of fused-ring (bicyclic) bond motifs is 3. The largest absolute Gasteiger partial charge is 0.480 e. The van der Waals surface area contributed by atoms with Crippen molar-refractivity contribution in [2.75, 3.05) is 44.4 Å². The van der Waals surface area contributed by atoms with Gasteiger partial charge in [-0.2, -0.15) is 0 Å². The minimum absolute atomic E-state index is 0.00990. The second-order valence-electron chi connectivity index (χ2n) is 11.4. The van der Waals surface area contributed by atoms with E-state index in [2.05, 4.69) is 4.98 Å². The number of anilines is 1. The van der Waals surface area contributed by atoms with Crippen molar-refractivity contribution in [3.05, 3.63) is 63.3 Å². The lowest BCUT2D eigenvalue weighted by Crippen LogP contribution is -2.50. The summed E-state index contributed by atoms with van der Waals surface area (Å²) in [6.07, 6.45) is 2.25. The number of pyridine rings is 1. The second-order valence-corrected chi connectivity index (χ2v) is 11.9. The third-order valence-corrected chi connectivity index (χ3v) is 8.79. The fraction of sp³-hybridized carbons (Fsp3) is 0.452. The van der Waals surface area contributed by atoms with E-state index in [1.54, 1.807) is 11.8 Å². The van der Waals surface area contributed by atoms with Gasteiger partial charge in [0.1, 0.15) is 35.2 Å². The number of carboxylic acid groups (broad SMARTS) is 1. The summed E-state index contributed by atoms with van der Waals surface area (Å²) in [5.41, 5.74) is -0.789. The van der Waals surface area contributed by atoms with E-state index < -0.39 is 35.3 Å². The summed E-state index contributed by atoms with van der Waals surface area (Å²) in [6, 6.07) is 8.12. The highest BCUT2D eigenvalue weighted by Gasteiger charge is 2.45. The first kappa shape index (κ1) is 30.8. The van der Waals surface area contributed by atoms with E-state index in [-0.39, 0.29) is 49.9 Å². The molecule has 6 rings (SSSR count). The minimum Gasteiger partial charge on any atom is -0.480 e. The van der Waals surface area contributed by atoms with Crippen molar-refractivity contribution in [2.45, 2.75) is 44.3 Å². The van der Waals surface area contributed by atoms with E-state index in [0.717, 1.165) is 11.8 Å². The number of nitrogens with zero attached hydrogens (tertiary/aromatic N) is 4. The van der Waals surface area contributed by atoms with Crippen LogP contribution in [-0.4, -0.2) is 82.5 Å². The Morgan fingerprint density at radius 3 is 2.84 bits per heavy atom. The van der Waals surface area contributed by atoms with Gasteiger partial charge in [0.25, 0.3) is 5.56 Å². The smallest absolute Gasteiger partial charge is 0.409 e. The predicted octanol–water partition coefficient (Wildman–Crippen LogP) is 4.67. The molecule has 0 bridgehead atoms. The summed E-state index contributed by atoms with van der Waals surface area (Å²) in [7, 11) is 0. The zero-order chi connectivity index (χ0) is 31.7. The molecule has 0 radical (unpaired) electrons. The molecule has 12 nitrogen and oxygen atoms in total. The number of carbonyl (C=O) groups excluding carboxylic acids is 1. The topological polar surface area (TPSA) is 151 Å². The first-order valence-corrected chi connectivity index (χ1v) is 15.3. The van der Waals surface area contributed by atoms with Crippen LogP contribution in [0.3, 0.4) is 0 Å². The molecule has 2 saturated heterocycles. The molecule has 14 heteroatoms. The molecule has 1 amide bonds. The fourth-order valence-electron chi connectivity index (χ4n) is 6.19. The van der Waals surface area contributed by atoms with Crippen LogP contribution >= 0.6 is 11.6 Å². The first-order chi connectivity index (χ1) is 21.7. The number of aromatic nitrogens is 3. The molecule has 2 fully saturated rings. The third kappa shape index (κ3) is 6.06. The number of para-hydroxylation sites is 1. The summed E-state index contributed by atoms with van der Waals surface area (Å²) in [5.74, 6) is -0.629. The summed E-state index contributed by atoms with van der Waals surface area (Å²) in [6.45, 7) is 2.69. The lowest BCUT2D eigenvalue weighted by molar-refractivity contribution is -0.138. The Balaban J connectivity index is 1.04. The van der Waals surface area contributed by atoms with Crippen molar-refractivity contribution < 1.29 is 33.0 Å². The van der Waals surface area contributed by atoms with Crippen molar-refractivity contribution in [3.63, 3.8) is 0 Å². The highest BCUT2D eigenvalue weighted by molar-refractivity contribution is 6.30. The molecule has 1 aromatic carbocycles. The van der Waals surface area contributed by atoms with E-state index in [0.29, 0.717) is 47.7 Å². The zero-order valence-electron chi connectivity index (χ0n) is 24.6. The van der Waals surface area contributed by atoms with Gasteiger partial charge in [-0.15, -0.1) is 0 Å².